The molecule has 0 saturated carbocycles. The summed E-state index contributed by atoms with van der Waals surface area (Å²) in [6, 6.07) is 8.12. The van der Waals surface area contributed by atoms with E-state index in [0.717, 1.165) is 21.4 Å². The van der Waals surface area contributed by atoms with Crippen molar-refractivity contribution in [2.75, 3.05) is 5.75 Å². The van der Waals surface area contributed by atoms with Gasteiger partial charge in [0, 0.05) is 21.7 Å². The van der Waals surface area contributed by atoms with Crippen LogP contribution in [0.5, 0.6) is 0 Å². The van der Waals surface area contributed by atoms with E-state index in [4.69, 9.17) is 5.73 Å². The number of nitrogens with two attached hydrogens (primary N) is 1. The third-order valence-corrected chi connectivity index (χ3v) is 6.27. The molecule has 1 amide bonds. The monoisotopic (exact) mass is 356 g/mol. The first kappa shape index (κ1) is 16.7. The van der Waals surface area contributed by atoms with Gasteiger partial charge in [0.25, 0.3) is 5.91 Å². The Morgan fingerprint density at radius 3 is 2.88 bits per heavy atom. The third kappa shape index (κ3) is 3.35. The van der Waals surface area contributed by atoms with Crippen molar-refractivity contribution < 1.29 is 4.79 Å². The van der Waals surface area contributed by atoms with E-state index < -0.39 is 10.5 Å². The van der Waals surface area contributed by atoms with E-state index in [2.05, 4.69) is 29.9 Å². The largest absolute Gasteiger partial charge is 0.379 e. The summed E-state index contributed by atoms with van der Waals surface area (Å²) in [5.74, 6) is 0.172. The zero-order valence-electron chi connectivity index (χ0n) is 13.3. The molecule has 0 aliphatic carbocycles. The van der Waals surface area contributed by atoms with Crippen molar-refractivity contribution in [3.8, 4) is 6.07 Å². The van der Waals surface area contributed by atoms with Crippen molar-refractivity contribution in [3.05, 3.63) is 35.5 Å². The second-order valence-corrected chi connectivity index (χ2v) is 8.98. The lowest BCUT2D eigenvalue weighted by atomic mass is 10.1. The fraction of sp³-hybridized carbons (Fsp3) is 0.235. The maximum absolute atomic E-state index is 11.4. The highest BCUT2D eigenvalue weighted by Gasteiger charge is 2.17. The average Bonchev–Trinajstić information content (AvgIpc) is 2.85. The fourth-order valence-electron chi connectivity index (χ4n) is 2.39. The number of amidine groups is 1. The normalized spacial score (nSPS) is 17.5. The molecule has 1 unspecified atom stereocenters. The highest BCUT2D eigenvalue weighted by molar-refractivity contribution is 8.28. The Morgan fingerprint density at radius 1 is 1.46 bits per heavy atom. The average molecular weight is 356 g/mol. The lowest BCUT2D eigenvalue weighted by molar-refractivity contribution is -0.115. The maximum atomic E-state index is 11.4. The molecule has 2 N–H and O–H groups in total. The van der Waals surface area contributed by atoms with Gasteiger partial charge in [-0.15, -0.1) is 22.2 Å². The summed E-state index contributed by atoms with van der Waals surface area (Å²) in [7, 11) is -0.459. The SMILES string of the molecule is CC(C)Sc1c(C#N)cnc2ccc(/C=S3/CC(=O)N=C3N)cc12. The number of hydrogen-bond donors (Lipinski definition) is 1. The Kier molecular flexibility index (Phi) is 4.69. The number of nitriles is 1. The van der Waals surface area contributed by atoms with Crippen LogP contribution in [0.25, 0.3) is 10.9 Å². The summed E-state index contributed by atoms with van der Waals surface area (Å²) in [6.45, 7) is 4.19. The zero-order chi connectivity index (χ0) is 17.3. The van der Waals surface area contributed by atoms with Gasteiger partial charge in [0.15, 0.2) is 5.17 Å². The van der Waals surface area contributed by atoms with E-state index in [-0.39, 0.29) is 5.91 Å². The number of nitrogens with zero attached hydrogens (tertiary/aromatic N) is 3. The van der Waals surface area contributed by atoms with E-state index >= 15 is 0 Å². The number of hydrogen-bond acceptors (Lipinski definition) is 5. The van der Waals surface area contributed by atoms with E-state index in [1.807, 2.05) is 23.6 Å². The van der Waals surface area contributed by atoms with Gasteiger partial charge in [-0.25, -0.2) is 0 Å². The van der Waals surface area contributed by atoms with Crippen LogP contribution in [0.3, 0.4) is 0 Å². The van der Waals surface area contributed by atoms with Gasteiger partial charge in [-0.05, 0) is 23.1 Å². The number of thioether (sulfide) groups is 1. The van der Waals surface area contributed by atoms with E-state index in [1.54, 1.807) is 18.0 Å². The lowest BCUT2D eigenvalue weighted by Crippen LogP contribution is -2.06. The molecule has 2 aromatic rings. The number of rotatable bonds is 3. The van der Waals surface area contributed by atoms with Gasteiger partial charge in [-0.2, -0.15) is 10.3 Å². The highest BCUT2D eigenvalue weighted by atomic mass is 32.2. The molecule has 1 aliphatic rings. The molecule has 7 heteroatoms. The van der Waals surface area contributed by atoms with Crippen molar-refractivity contribution in [3.63, 3.8) is 0 Å². The molecular weight excluding hydrogens is 340 g/mol. The van der Waals surface area contributed by atoms with Crippen LogP contribution in [-0.2, 0) is 4.79 Å². The van der Waals surface area contributed by atoms with Crippen molar-refractivity contribution in [2.24, 2.45) is 10.7 Å². The molecule has 0 spiro atoms. The van der Waals surface area contributed by atoms with Crippen LogP contribution < -0.4 is 5.73 Å². The van der Waals surface area contributed by atoms with Gasteiger partial charge in [-0.1, -0.05) is 19.9 Å². The van der Waals surface area contributed by atoms with Gasteiger partial charge in [-0.3, -0.25) is 9.78 Å². The van der Waals surface area contributed by atoms with Gasteiger partial charge in [0.05, 0.1) is 16.8 Å². The van der Waals surface area contributed by atoms with Crippen LogP contribution in [0.2, 0.25) is 0 Å². The minimum atomic E-state index is -0.459. The van der Waals surface area contributed by atoms with Crippen LogP contribution in [0.4, 0.5) is 0 Å². The van der Waals surface area contributed by atoms with E-state index in [9.17, 15) is 10.1 Å². The van der Waals surface area contributed by atoms with Gasteiger partial charge < -0.3 is 5.73 Å². The summed E-state index contributed by atoms with van der Waals surface area (Å²) in [4.78, 5) is 20.5. The number of fused-ring (bicyclic) bond motifs is 1. The molecule has 2 heterocycles. The molecule has 0 fully saturated rings. The van der Waals surface area contributed by atoms with Gasteiger partial charge in [0.2, 0.25) is 0 Å². The van der Waals surface area contributed by atoms with E-state index in [0.29, 0.717) is 21.7 Å². The number of benzene rings is 1. The summed E-state index contributed by atoms with van der Waals surface area (Å²) in [5.41, 5.74) is 8.21. The van der Waals surface area contributed by atoms with Crippen LogP contribution in [-0.4, -0.2) is 32.4 Å². The maximum Gasteiger partial charge on any atom is 0.258 e. The molecule has 1 aromatic heterocycles. The Bertz CT molecular complexity index is 941. The van der Waals surface area contributed by atoms with Crippen LogP contribution >= 0.6 is 22.2 Å². The molecular formula is C17H16N4OS2. The molecule has 122 valence electrons. The number of aromatic nitrogens is 1. The molecule has 1 atom stereocenters. The molecule has 0 bridgehead atoms. The summed E-state index contributed by atoms with van der Waals surface area (Å²) < 4.78 is 0. The standard InChI is InChI=1S/C17H16N4OS2/c1-10(2)23-16-12(6-18)7-20-14-4-3-11(5-13(14)16)8-24-9-15(22)21-17(24)19/h3-5,7-8,10H,9H2,1-2H3,(H2,19,21,22). The Balaban J connectivity index is 2.13. The predicted molar refractivity (Wildman–Crippen MR) is 102 cm³/mol. The molecule has 24 heavy (non-hydrogen) atoms. The quantitative estimate of drug-likeness (QED) is 0.674. The minimum Gasteiger partial charge on any atom is -0.379 e. The number of carbonyl (C=O) groups is 1. The third-order valence-electron chi connectivity index (χ3n) is 3.38. The summed E-state index contributed by atoms with van der Waals surface area (Å²) in [6.07, 6.45) is 1.62. The lowest BCUT2D eigenvalue weighted by Gasteiger charge is -2.11. The smallest absolute Gasteiger partial charge is 0.258 e. The second-order valence-electron chi connectivity index (χ2n) is 5.59. The number of amides is 1. The molecule has 1 aromatic carbocycles. The Labute approximate surface area is 146 Å². The number of pyridine rings is 1. The molecule has 0 radical (unpaired) electrons. The van der Waals surface area contributed by atoms with Crippen molar-refractivity contribution in [2.45, 2.75) is 24.0 Å². The number of carbonyl (C=O) groups excluding carboxylic acids is 1. The van der Waals surface area contributed by atoms with Crippen molar-refractivity contribution in [1.82, 2.24) is 4.98 Å². The van der Waals surface area contributed by atoms with Crippen LogP contribution in [0.15, 0.2) is 34.3 Å². The predicted octanol–water partition coefficient (Wildman–Crippen LogP) is 2.88. The molecule has 1 aliphatic heterocycles. The first-order valence-electron chi connectivity index (χ1n) is 7.39. The zero-order valence-corrected chi connectivity index (χ0v) is 14.9. The summed E-state index contributed by atoms with van der Waals surface area (Å²) >= 11 is 1.65. The van der Waals surface area contributed by atoms with Crippen LogP contribution in [0.1, 0.15) is 25.0 Å². The topological polar surface area (TPSA) is 92.1 Å². The molecule has 3 rings (SSSR count). The first-order valence-corrected chi connectivity index (χ1v) is 9.72. The first-order chi connectivity index (χ1) is 11.5. The van der Waals surface area contributed by atoms with Gasteiger partial charge >= 0.3 is 0 Å². The molecule has 0 saturated heterocycles. The number of aliphatic imine (C=N–C) groups is 1. The van der Waals surface area contributed by atoms with Crippen molar-refractivity contribution >= 4 is 49.6 Å². The van der Waals surface area contributed by atoms with Crippen LogP contribution in [0, 0.1) is 11.3 Å². The Morgan fingerprint density at radius 2 is 2.25 bits per heavy atom. The molecule has 5 nitrogen and oxygen atoms in total. The Hall–Kier alpha value is -2.17. The van der Waals surface area contributed by atoms with Crippen molar-refractivity contribution in [1.29, 1.82) is 5.26 Å². The fourth-order valence-corrected chi connectivity index (χ4v) is 4.75. The second kappa shape index (κ2) is 6.75. The van der Waals surface area contributed by atoms with E-state index in [1.165, 1.54) is 0 Å². The summed E-state index contributed by atoms with van der Waals surface area (Å²) in [5, 5.41) is 13.0. The highest BCUT2D eigenvalue weighted by Crippen LogP contribution is 2.33. The van der Waals surface area contributed by atoms with Gasteiger partial charge in [0.1, 0.15) is 6.07 Å². The minimum absolute atomic E-state index is 0.169.